The van der Waals surface area contributed by atoms with E-state index in [1.807, 2.05) is 0 Å². The van der Waals surface area contributed by atoms with Gasteiger partial charge in [0.05, 0.1) is 41.6 Å². The number of aliphatic hydroxyl groups is 1. The van der Waals surface area contributed by atoms with Gasteiger partial charge < -0.3 is 14.3 Å². The molecule has 5 heteroatoms. The zero-order valence-corrected chi connectivity index (χ0v) is 22.8. The maximum absolute atomic E-state index is 10.3. The molecule has 2 aliphatic carbocycles. The highest BCUT2D eigenvalue weighted by Gasteiger charge is 2.44. The first-order chi connectivity index (χ1) is 18.2. The van der Waals surface area contributed by atoms with Crippen molar-refractivity contribution in [1.82, 2.24) is 0 Å². The minimum atomic E-state index is -0.565. The molecule has 38 heavy (non-hydrogen) atoms. The Morgan fingerprint density at radius 1 is 0.921 bits per heavy atom. The number of furan rings is 1. The average Bonchev–Trinajstić information content (AvgIpc) is 3.44. The number of benzene rings is 2. The SMILES string of the molecule is Cc1cc2c(cc1C)C(C#N)(CCC(O)c1ccoc1)C2.Cc1cc2c(cc1C)C(C#N)(CCCC=O)C2. The molecule has 5 nitrogen and oxygen atoms in total. The minimum absolute atomic E-state index is 0.323. The lowest BCUT2D eigenvalue weighted by Gasteiger charge is -2.39. The summed E-state index contributed by atoms with van der Waals surface area (Å²) >= 11 is 0. The molecule has 1 aromatic heterocycles. The minimum Gasteiger partial charge on any atom is -0.472 e. The van der Waals surface area contributed by atoms with E-state index in [4.69, 9.17) is 4.42 Å². The van der Waals surface area contributed by atoms with Crippen molar-refractivity contribution in [2.75, 3.05) is 0 Å². The molecule has 0 aliphatic heterocycles. The van der Waals surface area contributed by atoms with Crippen LogP contribution >= 0.6 is 0 Å². The van der Waals surface area contributed by atoms with Crippen molar-refractivity contribution in [3.63, 3.8) is 0 Å². The maximum atomic E-state index is 10.3. The van der Waals surface area contributed by atoms with Gasteiger partial charge >= 0.3 is 0 Å². The molecule has 196 valence electrons. The van der Waals surface area contributed by atoms with Crippen LogP contribution < -0.4 is 0 Å². The van der Waals surface area contributed by atoms with E-state index in [2.05, 4.69) is 64.1 Å². The normalized spacial score (nSPS) is 21.2. The molecule has 0 bridgehead atoms. The van der Waals surface area contributed by atoms with E-state index in [9.17, 15) is 20.4 Å². The summed E-state index contributed by atoms with van der Waals surface area (Å²) in [5.74, 6) is 0. The largest absolute Gasteiger partial charge is 0.472 e. The van der Waals surface area contributed by atoms with Crippen LogP contribution in [0.1, 0.15) is 88.3 Å². The van der Waals surface area contributed by atoms with Gasteiger partial charge in [-0.2, -0.15) is 10.5 Å². The van der Waals surface area contributed by atoms with Crippen LogP contribution in [0.15, 0.2) is 47.3 Å². The molecule has 1 N–H and O–H groups in total. The number of carbonyl (C=O) groups excluding carboxylic acids is 1. The second-order valence-corrected chi connectivity index (χ2v) is 11.1. The summed E-state index contributed by atoms with van der Waals surface area (Å²) in [6, 6.07) is 15.4. The van der Waals surface area contributed by atoms with E-state index in [1.165, 1.54) is 38.9 Å². The highest BCUT2D eigenvalue weighted by atomic mass is 16.3. The van der Waals surface area contributed by atoms with Crippen LogP contribution in [-0.2, 0) is 28.5 Å². The number of carbonyl (C=O) groups is 1. The summed E-state index contributed by atoms with van der Waals surface area (Å²) in [5.41, 5.74) is 9.99. The molecule has 0 saturated heterocycles. The first-order valence-corrected chi connectivity index (χ1v) is 13.4. The van der Waals surface area contributed by atoms with Crippen LogP contribution in [0.25, 0.3) is 0 Å². The second kappa shape index (κ2) is 11.0. The van der Waals surface area contributed by atoms with Crippen molar-refractivity contribution in [2.45, 2.75) is 89.6 Å². The molecule has 0 fully saturated rings. The smallest absolute Gasteiger partial charge is 0.119 e. The Labute approximate surface area is 225 Å². The fraction of sp³-hybridized carbons (Fsp3) is 0.424. The van der Waals surface area contributed by atoms with Gasteiger partial charge in [-0.15, -0.1) is 0 Å². The molecular formula is C33H36N2O3. The van der Waals surface area contributed by atoms with E-state index < -0.39 is 11.5 Å². The lowest BCUT2D eigenvalue weighted by atomic mass is 9.61. The van der Waals surface area contributed by atoms with Crippen LogP contribution in [0.2, 0.25) is 0 Å². The monoisotopic (exact) mass is 508 g/mol. The van der Waals surface area contributed by atoms with Gasteiger partial charge in [-0.25, -0.2) is 0 Å². The first-order valence-electron chi connectivity index (χ1n) is 13.4. The number of rotatable bonds is 8. The van der Waals surface area contributed by atoms with Crippen LogP contribution in [0, 0.1) is 50.4 Å². The van der Waals surface area contributed by atoms with Crippen LogP contribution in [0.4, 0.5) is 0 Å². The molecule has 0 spiro atoms. The van der Waals surface area contributed by atoms with Gasteiger partial charge in [0, 0.05) is 12.0 Å². The van der Waals surface area contributed by atoms with E-state index in [-0.39, 0.29) is 5.41 Å². The van der Waals surface area contributed by atoms with E-state index in [0.29, 0.717) is 19.3 Å². The van der Waals surface area contributed by atoms with Gasteiger partial charge in [-0.05, 0) is 117 Å². The van der Waals surface area contributed by atoms with Crippen molar-refractivity contribution in [1.29, 1.82) is 10.5 Å². The number of hydrogen-bond donors (Lipinski definition) is 1. The molecule has 3 unspecified atom stereocenters. The lowest BCUT2D eigenvalue weighted by molar-refractivity contribution is -0.108. The number of unbranched alkanes of at least 4 members (excludes halogenated alkanes) is 1. The third-order valence-corrected chi connectivity index (χ3v) is 8.58. The Morgan fingerprint density at radius 3 is 1.92 bits per heavy atom. The summed E-state index contributed by atoms with van der Waals surface area (Å²) in [5, 5.41) is 29.2. The van der Waals surface area contributed by atoms with Crippen LogP contribution in [0.3, 0.4) is 0 Å². The number of fused-ring (bicyclic) bond motifs is 2. The molecule has 0 saturated carbocycles. The van der Waals surface area contributed by atoms with Gasteiger partial charge in [0.15, 0.2) is 0 Å². The number of aryl methyl sites for hydroxylation is 4. The molecule has 1 heterocycles. The number of hydrogen-bond acceptors (Lipinski definition) is 5. The Morgan fingerprint density at radius 2 is 1.45 bits per heavy atom. The molecule has 2 aromatic carbocycles. The van der Waals surface area contributed by atoms with E-state index in [1.54, 1.807) is 18.6 Å². The molecule has 0 amide bonds. The molecule has 2 aliphatic rings. The second-order valence-electron chi connectivity index (χ2n) is 11.1. The molecule has 3 aromatic rings. The number of aldehydes is 1. The average molecular weight is 509 g/mol. The summed E-state index contributed by atoms with van der Waals surface area (Å²) in [6.07, 6.45) is 8.54. The number of nitriles is 2. The van der Waals surface area contributed by atoms with E-state index in [0.717, 1.165) is 43.1 Å². The highest BCUT2D eigenvalue weighted by Crippen LogP contribution is 2.47. The molecule has 5 rings (SSSR count). The summed E-state index contributed by atoms with van der Waals surface area (Å²) in [4.78, 5) is 10.3. The predicted molar refractivity (Wildman–Crippen MR) is 147 cm³/mol. The van der Waals surface area contributed by atoms with Gasteiger partial charge in [0.2, 0.25) is 0 Å². The number of aliphatic hydroxyl groups excluding tert-OH is 1. The van der Waals surface area contributed by atoms with E-state index >= 15 is 0 Å². The molecule has 3 atom stereocenters. The van der Waals surface area contributed by atoms with Crippen LogP contribution in [0.5, 0.6) is 0 Å². The highest BCUT2D eigenvalue weighted by molar-refractivity contribution is 5.55. The standard InChI is InChI=1S/C18H19NO2.C15H17NO/c1-12-7-15-9-18(11-19,16(15)8-13(12)2)5-3-17(20)14-4-6-21-10-14;1-11-7-13-9-15(10-16,5-3-4-6-17)14(13)8-12(11)2/h4,6-8,10,17,20H,3,5,9H2,1-2H3;6-8H,3-5,9H2,1-2H3. The quantitative estimate of drug-likeness (QED) is 0.269. The summed E-state index contributed by atoms with van der Waals surface area (Å²) < 4.78 is 4.99. The Kier molecular flexibility index (Phi) is 7.91. The van der Waals surface area contributed by atoms with Gasteiger partial charge in [-0.3, -0.25) is 0 Å². The summed E-state index contributed by atoms with van der Waals surface area (Å²) in [7, 11) is 0. The topological polar surface area (TPSA) is 98.0 Å². The zero-order valence-electron chi connectivity index (χ0n) is 22.8. The Balaban J connectivity index is 0.000000181. The molecular weight excluding hydrogens is 472 g/mol. The van der Waals surface area contributed by atoms with Crippen molar-refractivity contribution in [2.24, 2.45) is 0 Å². The van der Waals surface area contributed by atoms with Gasteiger partial charge in [-0.1, -0.05) is 24.3 Å². The first kappa shape index (κ1) is 27.4. The van der Waals surface area contributed by atoms with Crippen LogP contribution in [-0.4, -0.2) is 11.4 Å². The van der Waals surface area contributed by atoms with Crippen molar-refractivity contribution in [3.05, 3.63) is 92.9 Å². The van der Waals surface area contributed by atoms with Crippen molar-refractivity contribution < 1.29 is 14.3 Å². The number of nitrogens with zero attached hydrogens (tertiary/aromatic N) is 2. The van der Waals surface area contributed by atoms with Crippen molar-refractivity contribution >= 4 is 6.29 Å². The van der Waals surface area contributed by atoms with Gasteiger partial charge in [0.25, 0.3) is 0 Å². The lowest BCUT2D eigenvalue weighted by Crippen LogP contribution is -2.38. The zero-order chi connectivity index (χ0) is 27.5. The van der Waals surface area contributed by atoms with Gasteiger partial charge in [0.1, 0.15) is 6.29 Å². The third kappa shape index (κ3) is 5.04. The predicted octanol–water partition coefficient (Wildman–Crippen LogP) is 6.72. The third-order valence-electron chi connectivity index (χ3n) is 8.58. The Bertz CT molecular complexity index is 1410. The van der Waals surface area contributed by atoms with Crippen molar-refractivity contribution in [3.8, 4) is 12.1 Å². The Hall–Kier alpha value is -3.67. The summed E-state index contributed by atoms with van der Waals surface area (Å²) in [6.45, 7) is 8.37. The fourth-order valence-corrected chi connectivity index (χ4v) is 5.82. The maximum Gasteiger partial charge on any atom is 0.119 e. The fourth-order valence-electron chi connectivity index (χ4n) is 5.82. The molecule has 0 radical (unpaired) electrons.